The summed E-state index contributed by atoms with van der Waals surface area (Å²) in [6, 6.07) is 23.9. The summed E-state index contributed by atoms with van der Waals surface area (Å²) in [5.74, 6) is -0.238. The summed E-state index contributed by atoms with van der Waals surface area (Å²) < 4.78 is 22.9. The molecule has 0 amide bonds. The molecular formula is C41H37N6O8+. The van der Waals surface area contributed by atoms with Crippen molar-refractivity contribution in [1.29, 1.82) is 0 Å². The van der Waals surface area contributed by atoms with E-state index in [1.54, 1.807) is 113 Å². The maximum absolute atomic E-state index is 13.0. The lowest BCUT2D eigenvalue weighted by Gasteiger charge is -2.34. The van der Waals surface area contributed by atoms with Crippen LogP contribution in [0.25, 0.3) is 16.7 Å². The number of carbonyl (C=O) groups excluding carboxylic acids is 4. The van der Waals surface area contributed by atoms with Gasteiger partial charge in [-0.2, -0.15) is 4.57 Å². The van der Waals surface area contributed by atoms with Gasteiger partial charge in [-0.15, -0.1) is 0 Å². The van der Waals surface area contributed by atoms with Crippen molar-refractivity contribution in [3.05, 3.63) is 107 Å². The predicted octanol–water partition coefficient (Wildman–Crippen LogP) is 6.58. The van der Waals surface area contributed by atoms with Crippen LogP contribution in [0.2, 0.25) is 0 Å². The third-order valence-corrected chi connectivity index (χ3v) is 8.85. The van der Waals surface area contributed by atoms with Gasteiger partial charge < -0.3 is 23.8 Å². The highest BCUT2D eigenvalue weighted by Gasteiger charge is 2.43. The van der Waals surface area contributed by atoms with Crippen molar-refractivity contribution < 1.29 is 42.7 Å². The molecule has 0 fully saturated rings. The van der Waals surface area contributed by atoms with Crippen LogP contribution in [0.3, 0.4) is 0 Å². The Morgan fingerprint density at radius 2 is 1.11 bits per heavy atom. The number of likely N-dealkylation sites (N-methyl/N-ethyl adjacent to an activating group) is 1. The van der Waals surface area contributed by atoms with Gasteiger partial charge >= 0.3 is 29.7 Å². The molecule has 0 aliphatic carbocycles. The maximum atomic E-state index is 13.0. The number of rotatable bonds is 10. The van der Waals surface area contributed by atoms with Crippen molar-refractivity contribution in [2.45, 2.75) is 27.7 Å². The van der Waals surface area contributed by atoms with E-state index in [0.29, 0.717) is 79.3 Å². The quantitative estimate of drug-likeness (QED) is 0.0867. The van der Waals surface area contributed by atoms with E-state index in [1.807, 2.05) is 21.4 Å². The zero-order valence-corrected chi connectivity index (χ0v) is 30.9. The molecule has 3 heterocycles. The molecule has 0 spiro atoms. The summed E-state index contributed by atoms with van der Waals surface area (Å²) in [7, 11) is 1.83. The van der Waals surface area contributed by atoms with E-state index < -0.39 is 23.9 Å². The number of anilines is 3. The van der Waals surface area contributed by atoms with Crippen molar-refractivity contribution in [2.24, 2.45) is 9.98 Å². The topological polar surface area (TPSA) is 153 Å². The molecule has 14 heteroatoms. The average Bonchev–Trinajstić information content (AvgIpc) is 3.20. The Morgan fingerprint density at radius 1 is 0.600 bits per heavy atom. The average molecular weight is 742 g/mol. The molecule has 2 aliphatic heterocycles. The van der Waals surface area contributed by atoms with Crippen LogP contribution in [0, 0.1) is 0 Å². The van der Waals surface area contributed by atoms with Gasteiger partial charge in [-0.05, 0) is 112 Å². The smallest absolute Gasteiger partial charge is 0.374 e. The van der Waals surface area contributed by atoms with E-state index in [-0.39, 0.29) is 26.4 Å². The Kier molecular flexibility index (Phi) is 10.0. The first kappa shape index (κ1) is 36.4. The Hall–Kier alpha value is -6.96. The third kappa shape index (κ3) is 6.73. The maximum Gasteiger partial charge on any atom is 0.374 e. The van der Waals surface area contributed by atoms with Gasteiger partial charge in [-0.3, -0.25) is 4.90 Å². The van der Waals surface area contributed by atoms with E-state index in [2.05, 4.69) is 0 Å². The molecule has 5 aromatic rings. The minimum absolute atomic E-state index is 0.200. The molecule has 0 unspecified atom stereocenters. The summed E-state index contributed by atoms with van der Waals surface area (Å²) in [4.78, 5) is 70.0. The van der Waals surface area contributed by atoms with Crippen LogP contribution < -0.4 is 14.4 Å². The Labute approximate surface area is 316 Å². The largest absolute Gasteiger partial charge is 0.462 e. The van der Waals surface area contributed by atoms with Gasteiger partial charge in [0.15, 0.2) is 5.52 Å². The summed E-state index contributed by atoms with van der Waals surface area (Å²) >= 11 is 0. The minimum atomic E-state index is -0.497. The lowest BCUT2D eigenvalue weighted by molar-refractivity contribution is -0.552. The number of benzene rings is 4. The van der Waals surface area contributed by atoms with Gasteiger partial charge in [0.1, 0.15) is 11.2 Å². The van der Waals surface area contributed by atoms with E-state index in [4.69, 9.17) is 33.9 Å². The number of esters is 4. The second-order valence-electron chi connectivity index (χ2n) is 12.2. The predicted molar refractivity (Wildman–Crippen MR) is 205 cm³/mol. The normalized spacial score (nSPS) is 12.8. The Morgan fingerprint density at radius 3 is 1.69 bits per heavy atom. The molecule has 0 saturated heterocycles. The molecule has 55 heavy (non-hydrogen) atoms. The van der Waals surface area contributed by atoms with Gasteiger partial charge in [0.05, 0.1) is 60.1 Å². The first-order valence-corrected chi connectivity index (χ1v) is 17.8. The summed E-state index contributed by atoms with van der Waals surface area (Å²) in [5, 5.41) is 0. The molecule has 0 N–H and O–H groups in total. The number of fused-ring (bicyclic) bond motifs is 4. The lowest BCUT2D eigenvalue weighted by Crippen LogP contribution is -2.48. The van der Waals surface area contributed by atoms with Crippen molar-refractivity contribution in [3.8, 4) is 5.69 Å². The molecule has 7 rings (SSSR count). The Bertz CT molecular complexity index is 2430. The van der Waals surface area contributed by atoms with Crippen LogP contribution in [-0.2, 0) is 18.9 Å². The van der Waals surface area contributed by atoms with Gasteiger partial charge in [0.25, 0.3) is 5.84 Å². The fourth-order valence-corrected chi connectivity index (χ4v) is 6.33. The number of hydrogen-bond donors (Lipinski definition) is 0. The summed E-state index contributed by atoms with van der Waals surface area (Å²) in [6.45, 7) is 7.82. The van der Waals surface area contributed by atoms with Crippen LogP contribution in [0.15, 0.2) is 94.9 Å². The Balaban J connectivity index is 1.49. The standard InChI is InChI=1S/C41H37N6O8/c1-6-52-38(48)24-10-16-28(17-11-24)46-32-22-26(40(50)54-8-3)14-20-30(32)42-34-36(46)44-37-35(45(34)5)43-31-21-15-27(41(51)55-9-4)23-33(31)47(37)29-18-12-25(13-19-29)39(49)53-7-2/h10-23H,6-9H2,1-5H3/q+1. The monoisotopic (exact) mass is 741 g/mol. The third-order valence-electron chi connectivity index (χ3n) is 8.85. The second kappa shape index (κ2) is 15.2. The molecule has 14 nitrogen and oxygen atoms in total. The SMILES string of the molecule is CCOC(=O)c1ccc(N2C3=Nc4c(nc5ccc(C(=O)OCC)cc5[n+]4-c4ccc(C(=O)OCC)cc4)N(C)C3=Nc3ccc(C(=O)OCC)cc32)cc1. The van der Waals surface area contributed by atoms with Crippen LogP contribution in [0.5, 0.6) is 0 Å². The first-order chi connectivity index (χ1) is 26.7. The van der Waals surface area contributed by atoms with E-state index in [9.17, 15) is 19.2 Å². The van der Waals surface area contributed by atoms with Gasteiger partial charge in [-0.1, -0.05) is 0 Å². The van der Waals surface area contributed by atoms with E-state index in [1.165, 1.54) is 0 Å². The minimum Gasteiger partial charge on any atom is -0.462 e. The first-order valence-electron chi connectivity index (χ1n) is 17.8. The molecule has 278 valence electrons. The number of ether oxygens (including phenoxy) is 4. The number of aliphatic imine (C=N–C) groups is 2. The molecule has 0 atom stereocenters. The highest BCUT2D eigenvalue weighted by molar-refractivity contribution is 6.54. The van der Waals surface area contributed by atoms with Crippen LogP contribution in [-0.4, -0.2) is 74.0 Å². The number of nitrogens with zero attached hydrogens (tertiary/aromatic N) is 6. The number of hydrogen-bond acceptors (Lipinski definition) is 13. The summed E-state index contributed by atoms with van der Waals surface area (Å²) in [6.07, 6.45) is 0. The highest BCUT2D eigenvalue weighted by atomic mass is 16.5. The lowest BCUT2D eigenvalue weighted by atomic mass is 10.1. The zero-order chi connectivity index (χ0) is 38.8. The fourth-order valence-electron chi connectivity index (χ4n) is 6.33. The van der Waals surface area contributed by atoms with Gasteiger partial charge in [0.2, 0.25) is 11.7 Å². The number of aromatic nitrogens is 2. The molecule has 2 aliphatic rings. The van der Waals surface area contributed by atoms with Crippen molar-refractivity contribution in [3.63, 3.8) is 0 Å². The van der Waals surface area contributed by atoms with Gasteiger partial charge in [-0.25, -0.2) is 29.2 Å². The van der Waals surface area contributed by atoms with Crippen LogP contribution >= 0.6 is 0 Å². The molecule has 0 bridgehead atoms. The molecular weight excluding hydrogens is 704 g/mol. The van der Waals surface area contributed by atoms with Crippen molar-refractivity contribution in [1.82, 2.24) is 4.98 Å². The highest BCUT2D eigenvalue weighted by Crippen LogP contribution is 2.43. The van der Waals surface area contributed by atoms with E-state index >= 15 is 0 Å². The number of amidine groups is 2. The van der Waals surface area contributed by atoms with Crippen LogP contribution in [0.4, 0.5) is 28.7 Å². The van der Waals surface area contributed by atoms with E-state index in [0.717, 1.165) is 0 Å². The molecule has 0 saturated carbocycles. The second-order valence-corrected chi connectivity index (χ2v) is 12.2. The zero-order valence-electron chi connectivity index (χ0n) is 30.9. The van der Waals surface area contributed by atoms with Crippen molar-refractivity contribution in [2.75, 3.05) is 43.3 Å². The molecule has 0 radical (unpaired) electrons. The fraction of sp³-hybridized carbons (Fsp3) is 0.220. The molecule has 1 aromatic heterocycles. The molecule has 4 aromatic carbocycles. The van der Waals surface area contributed by atoms with Crippen LogP contribution in [0.1, 0.15) is 69.1 Å². The number of carbonyl (C=O) groups is 4. The van der Waals surface area contributed by atoms with Crippen molar-refractivity contribution >= 4 is 75.3 Å². The summed E-state index contributed by atoms with van der Waals surface area (Å²) in [5.41, 5.74) is 4.76. The van der Waals surface area contributed by atoms with Gasteiger partial charge in [0, 0.05) is 18.8 Å².